The van der Waals surface area contributed by atoms with Crippen molar-refractivity contribution < 1.29 is 8.42 Å². The van der Waals surface area contributed by atoms with Crippen LogP contribution >= 0.6 is 0 Å². The van der Waals surface area contributed by atoms with Crippen molar-refractivity contribution in [3.63, 3.8) is 0 Å². The van der Waals surface area contributed by atoms with Crippen molar-refractivity contribution in [2.24, 2.45) is 5.41 Å². The quantitative estimate of drug-likeness (QED) is 0.678. The van der Waals surface area contributed by atoms with E-state index in [9.17, 15) is 8.42 Å². The Labute approximate surface area is 125 Å². The monoisotopic (exact) mass is 304 g/mol. The molecule has 4 nitrogen and oxygen atoms in total. The summed E-state index contributed by atoms with van der Waals surface area (Å²) in [5.41, 5.74) is 0.379. The molecule has 1 saturated carbocycles. The minimum absolute atomic E-state index is 0.154. The molecule has 20 heavy (non-hydrogen) atoms. The fourth-order valence-electron chi connectivity index (χ4n) is 2.64. The predicted octanol–water partition coefficient (Wildman–Crippen LogP) is 2.65. The second kappa shape index (κ2) is 7.76. The molecule has 2 N–H and O–H groups in total. The van der Waals surface area contributed by atoms with E-state index in [1.54, 1.807) is 0 Å². The molecule has 0 atom stereocenters. The zero-order valence-corrected chi connectivity index (χ0v) is 14.4. The van der Waals surface area contributed by atoms with Crippen LogP contribution in [-0.2, 0) is 10.0 Å². The summed E-state index contributed by atoms with van der Waals surface area (Å²) in [4.78, 5) is 0. The van der Waals surface area contributed by atoms with Gasteiger partial charge in [-0.3, -0.25) is 0 Å². The lowest BCUT2D eigenvalue weighted by Crippen LogP contribution is -2.40. The van der Waals surface area contributed by atoms with Crippen LogP contribution < -0.4 is 10.0 Å². The summed E-state index contributed by atoms with van der Waals surface area (Å²) in [6.45, 7) is 9.62. The highest BCUT2D eigenvalue weighted by molar-refractivity contribution is 7.89. The van der Waals surface area contributed by atoms with Gasteiger partial charge in [0.2, 0.25) is 10.0 Å². The van der Waals surface area contributed by atoms with Gasteiger partial charge in [0.25, 0.3) is 0 Å². The smallest absolute Gasteiger partial charge is 0.211 e. The average molecular weight is 305 g/mol. The standard InChI is InChI=1S/C15H32N2O2S/c1-13(2)16-11-5-6-12-20(18,19)17-14-7-9-15(3,4)10-8-14/h13-14,16-17H,5-12H2,1-4H3. The summed E-state index contributed by atoms with van der Waals surface area (Å²) < 4.78 is 26.9. The Bertz CT molecular complexity index is 367. The summed E-state index contributed by atoms with van der Waals surface area (Å²) >= 11 is 0. The van der Waals surface area contributed by atoms with E-state index in [2.05, 4.69) is 37.7 Å². The SMILES string of the molecule is CC(C)NCCCCS(=O)(=O)NC1CCC(C)(C)CC1. The Balaban J connectivity index is 2.21. The lowest BCUT2D eigenvalue weighted by atomic mass is 9.76. The normalized spacial score (nSPS) is 20.4. The third-order valence-electron chi connectivity index (χ3n) is 4.08. The van der Waals surface area contributed by atoms with Crippen LogP contribution in [0.15, 0.2) is 0 Å². The first-order valence-electron chi connectivity index (χ1n) is 7.94. The zero-order valence-electron chi connectivity index (χ0n) is 13.5. The summed E-state index contributed by atoms with van der Waals surface area (Å²) in [5, 5.41) is 3.31. The Kier molecular flexibility index (Phi) is 6.95. The van der Waals surface area contributed by atoms with Crippen LogP contribution in [0.25, 0.3) is 0 Å². The van der Waals surface area contributed by atoms with E-state index in [-0.39, 0.29) is 11.8 Å². The van der Waals surface area contributed by atoms with Gasteiger partial charge in [-0.1, -0.05) is 27.7 Å². The molecule has 120 valence electrons. The fraction of sp³-hybridized carbons (Fsp3) is 1.00. The highest BCUT2D eigenvalue weighted by Gasteiger charge is 2.28. The molecule has 0 aromatic heterocycles. The van der Waals surface area contributed by atoms with Crippen LogP contribution in [-0.4, -0.2) is 32.8 Å². The molecular formula is C15H32N2O2S. The van der Waals surface area contributed by atoms with Crippen molar-refractivity contribution in [1.29, 1.82) is 0 Å². The minimum atomic E-state index is -3.10. The van der Waals surface area contributed by atoms with Crippen molar-refractivity contribution in [1.82, 2.24) is 10.0 Å². The van der Waals surface area contributed by atoms with Gasteiger partial charge in [-0.15, -0.1) is 0 Å². The van der Waals surface area contributed by atoms with E-state index in [0.717, 1.165) is 45.1 Å². The maximum Gasteiger partial charge on any atom is 0.211 e. The molecule has 0 bridgehead atoms. The molecule has 0 aliphatic heterocycles. The van der Waals surface area contributed by atoms with E-state index in [1.165, 1.54) is 0 Å². The maximum atomic E-state index is 12.0. The van der Waals surface area contributed by atoms with Gasteiger partial charge >= 0.3 is 0 Å². The molecule has 1 fully saturated rings. The summed E-state index contributed by atoms with van der Waals surface area (Å²) in [6.07, 6.45) is 5.81. The van der Waals surface area contributed by atoms with E-state index >= 15 is 0 Å². The van der Waals surface area contributed by atoms with Crippen LogP contribution in [0.4, 0.5) is 0 Å². The molecule has 0 amide bonds. The molecule has 1 rings (SSSR count). The number of unbranched alkanes of at least 4 members (excludes halogenated alkanes) is 1. The van der Waals surface area contributed by atoms with E-state index in [4.69, 9.17) is 0 Å². The number of rotatable bonds is 8. The largest absolute Gasteiger partial charge is 0.315 e. The van der Waals surface area contributed by atoms with Gasteiger partial charge in [-0.2, -0.15) is 0 Å². The van der Waals surface area contributed by atoms with Gasteiger partial charge in [0, 0.05) is 12.1 Å². The molecule has 0 aromatic carbocycles. The van der Waals surface area contributed by atoms with Gasteiger partial charge < -0.3 is 5.32 Å². The summed E-state index contributed by atoms with van der Waals surface area (Å²) in [7, 11) is -3.10. The molecule has 0 aromatic rings. The van der Waals surface area contributed by atoms with E-state index < -0.39 is 10.0 Å². The van der Waals surface area contributed by atoms with Gasteiger partial charge in [0.1, 0.15) is 0 Å². The number of hydrogen-bond acceptors (Lipinski definition) is 3. The van der Waals surface area contributed by atoms with E-state index in [1.807, 2.05) is 0 Å². The van der Waals surface area contributed by atoms with Crippen LogP contribution in [0.5, 0.6) is 0 Å². The molecular weight excluding hydrogens is 272 g/mol. The highest BCUT2D eigenvalue weighted by Crippen LogP contribution is 2.35. The Hall–Kier alpha value is -0.130. The molecule has 5 heteroatoms. The first-order valence-corrected chi connectivity index (χ1v) is 9.59. The molecule has 0 spiro atoms. The lowest BCUT2D eigenvalue weighted by molar-refractivity contribution is 0.218. The van der Waals surface area contributed by atoms with Crippen molar-refractivity contribution >= 4 is 10.0 Å². The zero-order chi connectivity index (χ0) is 15.2. The summed E-state index contributed by atoms with van der Waals surface area (Å²) in [5.74, 6) is 0.257. The van der Waals surface area contributed by atoms with E-state index in [0.29, 0.717) is 11.5 Å². The summed E-state index contributed by atoms with van der Waals surface area (Å²) in [6, 6.07) is 0.622. The fourth-order valence-corrected chi connectivity index (χ4v) is 4.08. The second-order valence-corrected chi connectivity index (χ2v) is 9.06. The average Bonchev–Trinajstić information content (AvgIpc) is 2.31. The van der Waals surface area contributed by atoms with Crippen LogP contribution in [0.1, 0.15) is 66.2 Å². The van der Waals surface area contributed by atoms with Crippen LogP contribution in [0.2, 0.25) is 0 Å². The minimum Gasteiger partial charge on any atom is -0.315 e. The Morgan fingerprint density at radius 1 is 1.15 bits per heavy atom. The number of nitrogens with one attached hydrogen (secondary N) is 2. The Morgan fingerprint density at radius 2 is 1.75 bits per heavy atom. The number of hydrogen-bond donors (Lipinski definition) is 2. The highest BCUT2D eigenvalue weighted by atomic mass is 32.2. The molecule has 1 aliphatic rings. The third-order valence-corrected chi connectivity index (χ3v) is 5.60. The van der Waals surface area contributed by atoms with Crippen molar-refractivity contribution in [3.8, 4) is 0 Å². The topological polar surface area (TPSA) is 58.2 Å². The first-order chi connectivity index (χ1) is 9.20. The molecule has 0 heterocycles. The second-order valence-electron chi connectivity index (χ2n) is 7.19. The van der Waals surface area contributed by atoms with Crippen LogP contribution in [0.3, 0.4) is 0 Å². The predicted molar refractivity (Wildman–Crippen MR) is 85.3 cm³/mol. The lowest BCUT2D eigenvalue weighted by Gasteiger charge is -2.34. The molecule has 1 aliphatic carbocycles. The molecule has 0 saturated heterocycles. The maximum absolute atomic E-state index is 12.0. The van der Waals surface area contributed by atoms with Crippen molar-refractivity contribution in [2.45, 2.75) is 78.3 Å². The van der Waals surface area contributed by atoms with Gasteiger partial charge in [-0.05, 0) is 50.5 Å². The van der Waals surface area contributed by atoms with Crippen LogP contribution in [0, 0.1) is 5.41 Å². The van der Waals surface area contributed by atoms with Crippen molar-refractivity contribution in [2.75, 3.05) is 12.3 Å². The Morgan fingerprint density at radius 3 is 2.30 bits per heavy atom. The van der Waals surface area contributed by atoms with Crippen molar-refractivity contribution in [3.05, 3.63) is 0 Å². The number of sulfonamides is 1. The molecule has 0 radical (unpaired) electrons. The first kappa shape index (κ1) is 17.9. The van der Waals surface area contributed by atoms with Gasteiger partial charge in [0.15, 0.2) is 0 Å². The third kappa shape index (κ3) is 7.60. The van der Waals surface area contributed by atoms with Gasteiger partial charge in [-0.25, -0.2) is 13.1 Å². The van der Waals surface area contributed by atoms with Gasteiger partial charge in [0.05, 0.1) is 5.75 Å². The molecule has 0 unspecified atom stereocenters.